The molecule has 0 fully saturated rings. The van der Waals surface area contributed by atoms with Crippen molar-refractivity contribution in [3.8, 4) is 17.0 Å². The number of aryl methyl sites for hydroxylation is 1. The monoisotopic (exact) mass is 407 g/mol. The van der Waals surface area contributed by atoms with Gasteiger partial charge in [-0.3, -0.25) is 9.78 Å². The average molecular weight is 408 g/mol. The van der Waals surface area contributed by atoms with Crippen LogP contribution in [0.4, 0.5) is 18.9 Å². The van der Waals surface area contributed by atoms with Gasteiger partial charge in [0.1, 0.15) is 11.4 Å². The van der Waals surface area contributed by atoms with Crippen LogP contribution in [0, 0.1) is 6.92 Å². The molecule has 0 saturated heterocycles. The summed E-state index contributed by atoms with van der Waals surface area (Å²) in [5.41, 5.74) is 0.286. The number of rotatable bonds is 3. The van der Waals surface area contributed by atoms with Crippen LogP contribution in [0.1, 0.15) is 21.7 Å². The molecule has 0 aliphatic carbocycles. The summed E-state index contributed by atoms with van der Waals surface area (Å²) in [6, 6.07) is 9.53. The Labute approximate surface area is 162 Å². The summed E-state index contributed by atoms with van der Waals surface area (Å²) in [5.74, 6) is -0.611. The van der Waals surface area contributed by atoms with Crippen molar-refractivity contribution in [3.63, 3.8) is 0 Å². The van der Waals surface area contributed by atoms with Crippen LogP contribution in [0.2, 0.25) is 5.02 Å². The predicted molar refractivity (Wildman–Crippen MR) is 98.3 cm³/mol. The van der Waals surface area contributed by atoms with E-state index in [0.717, 1.165) is 12.1 Å². The fraction of sp³-hybridized carbons (Fsp3) is 0.105. The lowest BCUT2D eigenvalue weighted by molar-refractivity contribution is -0.141. The smallest absolute Gasteiger partial charge is 0.433 e. The number of hydrogen-bond donors (Lipinski definition) is 2. The molecule has 5 nitrogen and oxygen atoms in total. The lowest BCUT2D eigenvalue weighted by atomic mass is 10.1. The molecule has 0 radical (unpaired) electrons. The zero-order valence-electron chi connectivity index (χ0n) is 14.4. The number of anilines is 1. The molecule has 0 unspecified atom stereocenters. The molecule has 0 aliphatic heterocycles. The molecule has 1 aromatic carbocycles. The number of hydrogen-bond acceptors (Lipinski definition) is 4. The van der Waals surface area contributed by atoms with Crippen LogP contribution in [0.3, 0.4) is 0 Å². The van der Waals surface area contributed by atoms with Gasteiger partial charge in [-0.2, -0.15) is 13.2 Å². The van der Waals surface area contributed by atoms with Gasteiger partial charge in [-0.1, -0.05) is 11.6 Å². The topological polar surface area (TPSA) is 75.1 Å². The Morgan fingerprint density at radius 1 is 1.14 bits per heavy atom. The van der Waals surface area contributed by atoms with Gasteiger partial charge in [0.05, 0.1) is 28.2 Å². The summed E-state index contributed by atoms with van der Waals surface area (Å²) in [6.45, 7) is 1.33. The Morgan fingerprint density at radius 2 is 1.89 bits per heavy atom. The highest BCUT2D eigenvalue weighted by Gasteiger charge is 2.33. The van der Waals surface area contributed by atoms with E-state index in [0.29, 0.717) is 22.0 Å². The second kappa shape index (κ2) is 7.47. The van der Waals surface area contributed by atoms with E-state index in [-0.39, 0.29) is 17.0 Å². The van der Waals surface area contributed by atoms with Crippen LogP contribution in [-0.4, -0.2) is 21.0 Å². The first-order valence-corrected chi connectivity index (χ1v) is 8.34. The number of pyridine rings is 2. The second-order valence-corrected chi connectivity index (χ2v) is 6.28. The number of amides is 1. The van der Waals surface area contributed by atoms with Crippen molar-refractivity contribution in [3.05, 3.63) is 70.6 Å². The maximum atomic E-state index is 12.7. The highest BCUT2D eigenvalue weighted by molar-refractivity contribution is 6.33. The molecule has 9 heteroatoms. The molecule has 3 aromatic rings. The molecule has 0 bridgehead atoms. The highest BCUT2D eigenvalue weighted by Crippen LogP contribution is 2.31. The van der Waals surface area contributed by atoms with Crippen molar-refractivity contribution in [2.75, 3.05) is 5.32 Å². The normalized spacial score (nSPS) is 11.3. The van der Waals surface area contributed by atoms with Gasteiger partial charge < -0.3 is 10.4 Å². The summed E-state index contributed by atoms with van der Waals surface area (Å²) < 4.78 is 38.2. The third kappa shape index (κ3) is 4.23. The van der Waals surface area contributed by atoms with E-state index in [1.165, 1.54) is 19.2 Å². The zero-order chi connectivity index (χ0) is 20.5. The Hall–Kier alpha value is -3.13. The maximum Gasteiger partial charge on any atom is 0.433 e. The molecule has 144 valence electrons. The first kappa shape index (κ1) is 19.6. The number of aromatic nitrogens is 2. The van der Waals surface area contributed by atoms with Crippen LogP contribution in [0.5, 0.6) is 5.75 Å². The maximum absolute atomic E-state index is 12.7. The minimum absolute atomic E-state index is 0.00499. The van der Waals surface area contributed by atoms with Crippen molar-refractivity contribution in [2.45, 2.75) is 13.1 Å². The lowest BCUT2D eigenvalue weighted by Crippen LogP contribution is -2.16. The van der Waals surface area contributed by atoms with Crippen LogP contribution >= 0.6 is 11.6 Å². The van der Waals surface area contributed by atoms with Crippen molar-refractivity contribution < 1.29 is 23.1 Å². The number of alkyl halides is 3. The van der Waals surface area contributed by atoms with Crippen LogP contribution in [-0.2, 0) is 6.18 Å². The molecule has 0 aliphatic rings. The molecule has 0 spiro atoms. The molecule has 2 heterocycles. The number of carbonyl (C=O) groups is 1. The third-order valence-electron chi connectivity index (χ3n) is 3.87. The van der Waals surface area contributed by atoms with Crippen molar-refractivity contribution >= 4 is 23.2 Å². The van der Waals surface area contributed by atoms with E-state index >= 15 is 0 Å². The number of nitrogens with one attached hydrogen (secondary N) is 1. The summed E-state index contributed by atoms with van der Waals surface area (Å²) in [7, 11) is 0. The second-order valence-electron chi connectivity index (χ2n) is 5.88. The van der Waals surface area contributed by atoms with E-state index in [2.05, 4.69) is 15.3 Å². The number of aromatic hydroxyl groups is 1. The van der Waals surface area contributed by atoms with Gasteiger partial charge in [-0.05, 0) is 49.4 Å². The molecule has 2 N–H and O–H groups in total. The molecule has 1 amide bonds. The summed E-state index contributed by atoms with van der Waals surface area (Å²) >= 11 is 6.18. The van der Waals surface area contributed by atoms with Gasteiger partial charge in [0.2, 0.25) is 0 Å². The van der Waals surface area contributed by atoms with Crippen LogP contribution < -0.4 is 5.32 Å². The number of carbonyl (C=O) groups excluding carboxylic acids is 1. The third-order valence-corrected chi connectivity index (χ3v) is 4.20. The zero-order valence-corrected chi connectivity index (χ0v) is 15.1. The van der Waals surface area contributed by atoms with E-state index in [1.54, 1.807) is 24.3 Å². The van der Waals surface area contributed by atoms with E-state index < -0.39 is 17.8 Å². The fourth-order valence-corrected chi connectivity index (χ4v) is 2.72. The van der Waals surface area contributed by atoms with Gasteiger partial charge in [0.25, 0.3) is 5.91 Å². The van der Waals surface area contributed by atoms with E-state index in [4.69, 9.17) is 11.6 Å². The SMILES string of the molecule is Cc1nc(C(F)(F)F)ccc1C(=O)Nc1ccc(Cl)c(-c2ccc(O)cn2)c1. The Bertz CT molecular complexity index is 1040. The van der Waals surface area contributed by atoms with Gasteiger partial charge in [-0.25, -0.2) is 4.98 Å². The quantitative estimate of drug-likeness (QED) is 0.634. The summed E-state index contributed by atoms with van der Waals surface area (Å²) in [4.78, 5) is 20.0. The van der Waals surface area contributed by atoms with Crippen molar-refractivity contribution in [2.24, 2.45) is 0 Å². The van der Waals surface area contributed by atoms with Gasteiger partial charge in [-0.15, -0.1) is 0 Å². The Kier molecular flexibility index (Phi) is 5.24. The van der Waals surface area contributed by atoms with Crippen molar-refractivity contribution in [1.82, 2.24) is 9.97 Å². The average Bonchev–Trinajstić information content (AvgIpc) is 2.63. The molecule has 28 heavy (non-hydrogen) atoms. The predicted octanol–water partition coefficient (Wildman–Crippen LogP) is 5.08. The van der Waals surface area contributed by atoms with Gasteiger partial charge in [0, 0.05) is 11.3 Å². The molecular weight excluding hydrogens is 395 g/mol. The summed E-state index contributed by atoms with van der Waals surface area (Å²) in [5, 5.41) is 12.3. The summed E-state index contributed by atoms with van der Waals surface area (Å²) in [6.07, 6.45) is -3.32. The van der Waals surface area contributed by atoms with Crippen LogP contribution in [0.15, 0.2) is 48.7 Å². The van der Waals surface area contributed by atoms with Gasteiger partial charge >= 0.3 is 6.18 Å². The molecule has 0 saturated carbocycles. The number of halogens is 4. The number of nitrogens with zero attached hydrogens (tertiary/aromatic N) is 2. The van der Waals surface area contributed by atoms with E-state index in [9.17, 15) is 23.1 Å². The van der Waals surface area contributed by atoms with E-state index in [1.807, 2.05) is 0 Å². The van der Waals surface area contributed by atoms with Crippen LogP contribution in [0.25, 0.3) is 11.3 Å². The van der Waals surface area contributed by atoms with Crippen molar-refractivity contribution in [1.29, 1.82) is 0 Å². The Balaban J connectivity index is 1.87. The standard InChI is InChI=1S/C19H13ClF3N3O2/c1-10-13(4-7-17(25-10)19(21,22)23)18(28)26-11-2-5-15(20)14(8-11)16-6-3-12(27)9-24-16/h2-9,27H,1H3,(H,26,28). The minimum Gasteiger partial charge on any atom is -0.506 e. The number of benzene rings is 1. The first-order chi connectivity index (χ1) is 13.1. The fourth-order valence-electron chi connectivity index (χ4n) is 2.50. The Morgan fingerprint density at radius 3 is 2.50 bits per heavy atom. The molecule has 2 aromatic heterocycles. The molecule has 0 atom stereocenters. The minimum atomic E-state index is -4.58. The molecule has 3 rings (SSSR count). The lowest BCUT2D eigenvalue weighted by Gasteiger charge is -2.12. The first-order valence-electron chi connectivity index (χ1n) is 7.96. The highest BCUT2D eigenvalue weighted by atomic mass is 35.5. The molecular formula is C19H13ClF3N3O2. The van der Waals surface area contributed by atoms with Gasteiger partial charge in [0.15, 0.2) is 0 Å². The largest absolute Gasteiger partial charge is 0.506 e.